The van der Waals surface area contributed by atoms with Gasteiger partial charge in [-0.1, -0.05) is 0 Å². The molecule has 0 radical (unpaired) electrons. The van der Waals surface area contributed by atoms with Gasteiger partial charge in [-0.05, 0) is 5.92 Å². The molecule has 0 unspecified atom stereocenters. The van der Waals surface area contributed by atoms with Gasteiger partial charge in [0.2, 0.25) is 5.88 Å². The fourth-order valence-electron chi connectivity index (χ4n) is 0.496. The number of nitrogens with zero attached hydrogens (tertiary/aromatic N) is 2. The highest BCUT2D eigenvalue weighted by Gasteiger charge is 1.90. The second kappa shape index (κ2) is 2.83. The molecule has 1 rings (SSSR count). The van der Waals surface area contributed by atoms with Crippen molar-refractivity contribution in [1.82, 2.24) is 9.97 Å². The van der Waals surface area contributed by atoms with E-state index < -0.39 is 0 Å². The van der Waals surface area contributed by atoms with Crippen LogP contribution in [0.5, 0.6) is 5.88 Å². The minimum absolute atomic E-state index is 0.471. The molecule has 0 atom stereocenters. The van der Waals surface area contributed by atoms with Crippen molar-refractivity contribution in [2.45, 2.75) is 0 Å². The highest BCUT2D eigenvalue weighted by molar-refractivity contribution is 5.22. The van der Waals surface area contributed by atoms with Crippen LogP contribution in [0.4, 0.5) is 0 Å². The van der Waals surface area contributed by atoms with Crippen molar-refractivity contribution in [3.05, 3.63) is 18.1 Å². The topological polar surface area (TPSA) is 35.0 Å². The van der Waals surface area contributed by atoms with Crippen LogP contribution >= 0.6 is 0 Å². The maximum atomic E-state index is 5.05. The molecule has 0 saturated carbocycles. The van der Waals surface area contributed by atoms with Crippen LogP contribution in [-0.2, 0) is 0 Å². The fraction of sp³-hybridized carbons (Fsp3) is 0.143. The van der Waals surface area contributed by atoms with Crippen molar-refractivity contribution in [2.75, 3.05) is 7.11 Å². The molecule has 1 heterocycles. The lowest BCUT2D eigenvalue weighted by atomic mass is 10.5. The third kappa shape index (κ3) is 1.23. The molecule has 50 valence electrons. The van der Waals surface area contributed by atoms with Gasteiger partial charge in [-0.2, -0.15) is 0 Å². The minimum Gasteiger partial charge on any atom is -0.480 e. The van der Waals surface area contributed by atoms with Crippen LogP contribution < -0.4 is 4.74 Å². The number of aromatic nitrogens is 2. The van der Waals surface area contributed by atoms with Crippen molar-refractivity contribution in [3.8, 4) is 18.2 Å². The van der Waals surface area contributed by atoms with E-state index in [1.807, 2.05) is 0 Å². The second-order valence-electron chi connectivity index (χ2n) is 1.59. The summed E-state index contributed by atoms with van der Waals surface area (Å²) in [6.45, 7) is 0. The van der Waals surface area contributed by atoms with E-state index in [1.165, 1.54) is 19.5 Å². The summed E-state index contributed by atoms with van der Waals surface area (Å²) in [5, 5.41) is 0. The first-order valence-electron chi connectivity index (χ1n) is 2.69. The van der Waals surface area contributed by atoms with Crippen LogP contribution in [0.15, 0.2) is 12.4 Å². The van der Waals surface area contributed by atoms with E-state index in [2.05, 4.69) is 15.9 Å². The van der Waals surface area contributed by atoms with Gasteiger partial charge < -0.3 is 4.74 Å². The number of ether oxygens (including phenoxy) is 1. The van der Waals surface area contributed by atoms with Gasteiger partial charge in [0.25, 0.3) is 0 Å². The first kappa shape index (κ1) is 6.56. The summed E-state index contributed by atoms with van der Waals surface area (Å²) in [5.74, 6) is 2.82. The largest absolute Gasteiger partial charge is 0.480 e. The Kier molecular flexibility index (Phi) is 1.86. The maximum absolute atomic E-state index is 5.05. The van der Waals surface area contributed by atoms with Crippen molar-refractivity contribution < 1.29 is 4.74 Å². The molecule has 0 N–H and O–H groups in total. The normalized spacial score (nSPS) is 8.40. The molecule has 0 aliphatic heterocycles. The third-order valence-corrected chi connectivity index (χ3v) is 0.985. The summed E-state index contributed by atoms with van der Waals surface area (Å²) in [7, 11) is 1.53. The van der Waals surface area contributed by atoms with Crippen molar-refractivity contribution in [2.24, 2.45) is 0 Å². The Morgan fingerprint density at radius 2 is 2.30 bits per heavy atom. The number of hydrogen-bond acceptors (Lipinski definition) is 3. The van der Waals surface area contributed by atoms with Crippen LogP contribution in [-0.4, -0.2) is 17.1 Å². The van der Waals surface area contributed by atoms with Crippen LogP contribution in [0.3, 0.4) is 0 Å². The highest BCUT2D eigenvalue weighted by Crippen LogP contribution is 2.00. The molecule has 3 nitrogen and oxygen atoms in total. The summed E-state index contributed by atoms with van der Waals surface area (Å²) in [6.07, 6.45) is 8.01. The van der Waals surface area contributed by atoms with E-state index in [1.54, 1.807) is 0 Å². The predicted octanol–water partition coefficient (Wildman–Crippen LogP) is 0.466. The van der Waals surface area contributed by atoms with Crippen LogP contribution in [0.2, 0.25) is 0 Å². The smallest absolute Gasteiger partial charge is 0.232 e. The van der Waals surface area contributed by atoms with Gasteiger partial charge in [0.05, 0.1) is 19.5 Å². The lowest BCUT2D eigenvalue weighted by Crippen LogP contribution is -1.89. The summed E-state index contributed by atoms with van der Waals surface area (Å²) in [5.41, 5.74) is 0.515. The lowest BCUT2D eigenvalue weighted by molar-refractivity contribution is 0.395. The number of rotatable bonds is 1. The molecular weight excluding hydrogens is 128 g/mol. The van der Waals surface area contributed by atoms with Gasteiger partial charge in [0.1, 0.15) is 5.69 Å². The molecule has 0 spiro atoms. The molecule has 0 fully saturated rings. The summed E-state index contributed by atoms with van der Waals surface area (Å²) in [6, 6.07) is 0. The van der Waals surface area contributed by atoms with Crippen LogP contribution in [0.1, 0.15) is 5.69 Å². The molecule has 0 bridgehead atoms. The quantitative estimate of drug-likeness (QED) is 0.523. The standard InChI is InChI=1S/C7H6N2O/c1-3-6-4-9-7(10-2)5-8-6/h1,4-5H,2H3. The number of methoxy groups -OCH3 is 1. The Labute approximate surface area is 59.1 Å². The van der Waals surface area contributed by atoms with Gasteiger partial charge in [-0.15, -0.1) is 6.42 Å². The van der Waals surface area contributed by atoms with E-state index in [0.717, 1.165) is 0 Å². The summed E-state index contributed by atoms with van der Waals surface area (Å²) in [4.78, 5) is 7.69. The van der Waals surface area contributed by atoms with E-state index in [-0.39, 0.29) is 0 Å². The Bertz CT molecular complexity index is 247. The first-order valence-corrected chi connectivity index (χ1v) is 2.69. The van der Waals surface area contributed by atoms with Crippen LogP contribution in [0, 0.1) is 12.3 Å². The SMILES string of the molecule is C#Cc1cnc(OC)cn1. The fourth-order valence-corrected chi connectivity index (χ4v) is 0.496. The zero-order valence-electron chi connectivity index (χ0n) is 5.53. The second-order valence-corrected chi connectivity index (χ2v) is 1.59. The Balaban J connectivity index is 2.93. The maximum Gasteiger partial charge on any atom is 0.232 e. The van der Waals surface area contributed by atoms with E-state index in [9.17, 15) is 0 Å². The summed E-state index contributed by atoms with van der Waals surface area (Å²) < 4.78 is 4.77. The molecule has 0 aliphatic carbocycles. The molecule has 1 aromatic heterocycles. The molecule has 10 heavy (non-hydrogen) atoms. The van der Waals surface area contributed by atoms with Crippen molar-refractivity contribution in [1.29, 1.82) is 0 Å². The zero-order chi connectivity index (χ0) is 7.40. The molecule has 0 amide bonds. The molecule has 1 aromatic rings. The zero-order valence-corrected chi connectivity index (χ0v) is 5.53. The molecule has 0 aliphatic rings. The average molecular weight is 134 g/mol. The van der Waals surface area contributed by atoms with E-state index >= 15 is 0 Å². The van der Waals surface area contributed by atoms with Gasteiger partial charge in [0.15, 0.2) is 0 Å². The minimum atomic E-state index is 0.471. The molecular formula is C7H6N2O. The predicted molar refractivity (Wildman–Crippen MR) is 36.5 cm³/mol. The highest BCUT2D eigenvalue weighted by atomic mass is 16.5. The molecule has 0 aromatic carbocycles. The molecule has 3 heteroatoms. The molecule has 0 saturated heterocycles. The number of terminal acetylenes is 1. The average Bonchev–Trinajstić information content (AvgIpc) is 2.05. The van der Waals surface area contributed by atoms with Crippen molar-refractivity contribution >= 4 is 0 Å². The first-order chi connectivity index (χ1) is 4.86. The van der Waals surface area contributed by atoms with Crippen molar-refractivity contribution in [3.63, 3.8) is 0 Å². The Morgan fingerprint density at radius 3 is 2.70 bits per heavy atom. The monoisotopic (exact) mass is 134 g/mol. The van der Waals surface area contributed by atoms with Gasteiger partial charge >= 0.3 is 0 Å². The van der Waals surface area contributed by atoms with Gasteiger partial charge in [-0.25, -0.2) is 9.97 Å². The Morgan fingerprint density at radius 1 is 1.50 bits per heavy atom. The number of hydrogen-bond donors (Lipinski definition) is 0. The third-order valence-electron chi connectivity index (χ3n) is 0.985. The van der Waals surface area contributed by atoms with Gasteiger partial charge in [-0.3, -0.25) is 0 Å². The Hall–Kier alpha value is -1.56. The van der Waals surface area contributed by atoms with Gasteiger partial charge in [0, 0.05) is 0 Å². The lowest BCUT2D eigenvalue weighted by Gasteiger charge is -1.94. The van der Waals surface area contributed by atoms with E-state index in [0.29, 0.717) is 11.6 Å². The summed E-state index contributed by atoms with van der Waals surface area (Å²) >= 11 is 0. The van der Waals surface area contributed by atoms with E-state index in [4.69, 9.17) is 11.2 Å². The van der Waals surface area contributed by atoms with Crippen LogP contribution in [0.25, 0.3) is 0 Å².